The van der Waals surface area contributed by atoms with Crippen molar-refractivity contribution in [2.24, 2.45) is 5.73 Å². The smallest absolute Gasteiger partial charge is 0.251 e. The lowest BCUT2D eigenvalue weighted by Gasteiger charge is -2.36. The van der Waals surface area contributed by atoms with Gasteiger partial charge in [0.05, 0.1) is 0 Å². The molecule has 3 N–H and O–H groups in total. The summed E-state index contributed by atoms with van der Waals surface area (Å²) in [7, 11) is 0. The SMILES string of the molecule is CC1(C)CC(N)c2cc(C(=O)NCCc3ccccc3)ccc2O1. The number of rotatable bonds is 4. The molecule has 0 radical (unpaired) electrons. The Bertz CT molecular complexity index is 726. The highest BCUT2D eigenvalue weighted by Crippen LogP contribution is 2.38. The largest absolute Gasteiger partial charge is 0.487 e. The molecule has 0 aromatic heterocycles. The van der Waals surface area contributed by atoms with Crippen LogP contribution in [0.4, 0.5) is 0 Å². The fraction of sp³-hybridized carbons (Fsp3) is 0.350. The van der Waals surface area contributed by atoms with E-state index in [0.29, 0.717) is 12.1 Å². The van der Waals surface area contributed by atoms with E-state index >= 15 is 0 Å². The molecule has 0 bridgehead atoms. The normalized spacial score (nSPS) is 18.4. The van der Waals surface area contributed by atoms with Crippen molar-refractivity contribution in [3.05, 3.63) is 65.2 Å². The van der Waals surface area contributed by atoms with Gasteiger partial charge in [-0.05, 0) is 44.0 Å². The van der Waals surface area contributed by atoms with Crippen LogP contribution < -0.4 is 15.8 Å². The molecule has 0 fully saturated rings. The number of amides is 1. The number of carbonyl (C=O) groups is 1. The van der Waals surface area contributed by atoms with Crippen molar-refractivity contribution in [3.63, 3.8) is 0 Å². The molecule has 1 amide bonds. The summed E-state index contributed by atoms with van der Waals surface area (Å²) >= 11 is 0. The standard InChI is InChI=1S/C20H24N2O2/c1-20(2)13-17(21)16-12-15(8-9-18(16)24-20)19(23)22-11-10-14-6-4-3-5-7-14/h3-9,12,17H,10-11,13,21H2,1-2H3,(H,22,23). The second kappa shape index (κ2) is 6.65. The molecule has 1 aliphatic rings. The fourth-order valence-corrected chi connectivity index (χ4v) is 3.12. The van der Waals surface area contributed by atoms with Crippen LogP contribution in [0.3, 0.4) is 0 Å². The van der Waals surface area contributed by atoms with Crippen molar-refractivity contribution in [1.29, 1.82) is 0 Å². The maximum Gasteiger partial charge on any atom is 0.251 e. The van der Waals surface area contributed by atoms with E-state index < -0.39 is 0 Å². The monoisotopic (exact) mass is 324 g/mol. The van der Waals surface area contributed by atoms with Crippen LogP contribution in [0.15, 0.2) is 48.5 Å². The molecular formula is C20H24N2O2. The average molecular weight is 324 g/mol. The molecule has 1 aliphatic heterocycles. The molecule has 1 atom stereocenters. The lowest BCUT2D eigenvalue weighted by molar-refractivity contribution is 0.0728. The van der Waals surface area contributed by atoms with Gasteiger partial charge in [0, 0.05) is 30.1 Å². The molecule has 1 heterocycles. The maximum absolute atomic E-state index is 12.4. The third-order valence-corrected chi connectivity index (χ3v) is 4.31. The van der Waals surface area contributed by atoms with Crippen molar-refractivity contribution in [2.75, 3.05) is 6.54 Å². The van der Waals surface area contributed by atoms with Crippen molar-refractivity contribution < 1.29 is 9.53 Å². The van der Waals surface area contributed by atoms with Crippen molar-refractivity contribution in [2.45, 2.75) is 38.3 Å². The van der Waals surface area contributed by atoms with Crippen LogP contribution in [-0.4, -0.2) is 18.1 Å². The molecule has 4 heteroatoms. The summed E-state index contributed by atoms with van der Waals surface area (Å²) < 4.78 is 5.95. The number of fused-ring (bicyclic) bond motifs is 1. The van der Waals surface area contributed by atoms with E-state index in [1.54, 1.807) is 6.07 Å². The molecular weight excluding hydrogens is 300 g/mol. The van der Waals surface area contributed by atoms with Crippen LogP contribution in [0.25, 0.3) is 0 Å². The molecule has 3 rings (SSSR count). The number of hydrogen-bond acceptors (Lipinski definition) is 3. The summed E-state index contributed by atoms with van der Waals surface area (Å²) in [5.41, 5.74) is 8.73. The minimum Gasteiger partial charge on any atom is -0.487 e. The van der Waals surface area contributed by atoms with Crippen LogP contribution in [0.1, 0.15) is 47.8 Å². The number of nitrogens with two attached hydrogens (primary N) is 1. The Morgan fingerprint density at radius 2 is 2.00 bits per heavy atom. The van der Waals surface area contributed by atoms with Crippen LogP contribution in [0, 0.1) is 0 Å². The lowest BCUT2D eigenvalue weighted by atomic mass is 9.89. The quantitative estimate of drug-likeness (QED) is 0.907. The maximum atomic E-state index is 12.4. The van der Waals surface area contributed by atoms with E-state index in [1.165, 1.54) is 5.56 Å². The van der Waals surface area contributed by atoms with Crippen molar-refractivity contribution in [1.82, 2.24) is 5.32 Å². The predicted molar refractivity (Wildman–Crippen MR) is 95.2 cm³/mol. The minimum absolute atomic E-state index is 0.0780. The zero-order valence-electron chi connectivity index (χ0n) is 14.2. The molecule has 0 spiro atoms. The first-order valence-corrected chi connectivity index (χ1v) is 8.35. The van der Waals surface area contributed by atoms with Gasteiger partial charge in [-0.15, -0.1) is 0 Å². The van der Waals surface area contributed by atoms with E-state index in [4.69, 9.17) is 10.5 Å². The highest BCUT2D eigenvalue weighted by Gasteiger charge is 2.32. The summed E-state index contributed by atoms with van der Waals surface area (Å²) in [6.07, 6.45) is 1.55. The predicted octanol–water partition coefficient (Wildman–Crippen LogP) is 3.22. The topological polar surface area (TPSA) is 64.4 Å². The number of benzene rings is 2. The Hall–Kier alpha value is -2.33. The van der Waals surface area contributed by atoms with Crippen LogP contribution in [-0.2, 0) is 6.42 Å². The summed E-state index contributed by atoms with van der Waals surface area (Å²) in [4.78, 5) is 12.4. The van der Waals surface area contributed by atoms with E-state index in [9.17, 15) is 4.79 Å². The molecule has 126 valence electrons. The van der Waals surface area contributed by atoms with Gasteiger partial charge in [-0.3, -0.25) is 4.79 Å². The Morgan fingerprint density at radius 1 is 1.25 bits per heavy atom. The highest BCUT2D eigenvalue weighted by atomic mass is 16.5. The Labute approximate surface area is 143 Å². The fourth-order valence-electron chi connectivity index (χ4n) is 3.12. The van der Waals surface area contributed by atoms with Crippen LogP contribution in [0.2, 0.25) is 0 Å². The molecule has 4 nitrogen and oxygen atoms in total. The Balaban J connectivity index is 1.65. The Kier molecular flexibility index (Phi) is 4.58. The van der Waals surface area contributed by atoms with E-state index in [1.807, 2.05) is 44.2 Å². The first kappa shape index (κ1) is 16.5. The number of ether oxygens (including phenoxy) is 1. The summed E-state index contributed by atoms with van der Waals surface area (Å²) in [6.45, 7) is 4.66. The van der Waals surface area contributed by atoms with E-state index in [0.717, 1.165) is 24.2 Å². The van der Waals surface area contributed by atoms with Gasteiger partial charge >= 0.3 is 0 Å². The van der Waals surface area contributed by atoms with Gasteiger partial charge in [0.25, 0.3) is 5.91 Å². The Morgan fingerprint density at radius 3 is 2.75 bits per heavy atom. The van der Waals surface area contributed by atoms with Gasteiger partial charge in [-0.25, -0.2) is 0 Å². The summed E-state index contributed by atoms with van der Waals surface area (Å²) in [5.74, 6) is 0.699. The van der Waals surface area contributed by atoms with Gasteiger partial charge in [0.1, 0.15) is 11.4 Å². The van der Waals surface area contributed by atoms with Crippen LogP contribution in [0.5, 0.6) is 5.75 Å². The molecule has 0 saturated heterocycles. The summed E-state index contributed by atoms with van der Waals surface area (Å²) in [6, 6.07) is 15.5. The van der Waals surface area contributed by atoms with Gasteiger partial charge in [-0.1, -0.05) is 30.3 Å². The van der Waals surface area contributed by atoms with Crippen LogP contribution >= 0.6 is 0 Å². The molecule has 24 heavy (non-hydrogen) atoms. The van der Waals surface area contributed by atoms with Gasteiger partial charge in [0.2, 0.25) is 0 Å². The molecule has 0 saturated carbocycles. The number of carbonyl (C=O) groups excluding carboxylic acids is 1. The second-order valence-corrected chi connectivity index (χ2v) is 6.92. The third-order valence-electron chi connectivity index (χ3n) is 4.31. The highest BCUT2D eigenvalue weighted by molar-refractivity contribution is 5.94. The van der Waals surface area contributed by atoms with Gasteiger partial charge < -0.3 is 15.8 Å². The van der Waals surface area contributed by atoms with Gasteiger partial charge in [-0.2, -0.15) is 0 Å². The van der Waals surface area contributed by atoms with Crippen molar-refractivity contribution in [3.8, 4) is 5.75 Å². The molecule has 2 aromatic carbocycles. The van der Waals surface area contributed by atoms with E-state index in [-0.39, 0.29) is 17.6 Å². The lowest BCUT2D eigenvalue weighted by Crippen LogP contribution is -2.37. The summed E-state index contributed by atoms with van der Waals surface area (Å²) in [5, 5.41) is 2.96. The molecule has 0 aliphatic carbocycles. The molecule has 1 unspecified atom stereocenters. The second-order valence-electron chi connectivity index (χ2n) is 6.92. The first-order chi connectivity index (χ1) is 11.4. The minimum atomic E-state index is -0.272. The number of nitrogens with one attached hydrogen (secondary N) is 1. The van der Waals surface area contributed by atoms with Gasteiger partial charge in [0.15, 0.2) is 0 Å². The number of hydrogen-bond donors (Lipinski definition) is 2. The van der Waals surface area contributed by atoms with Crippen molar-refractivity contribution >= 4 is 5.91 Å². The molecule has 2 aromatic rings. The zero-order valence-corrected chi connectivity index (χ0v) is 14.2. The zero-order chi connectivity index (χ0) is 17.2. The average Bonchev–Trinajstić information content (AvgIpc) is 2.54. The third kappa shape index (κ3) is 3.77. The van der Waals surface area contributed by atoms with E-state index in [2.05, 4.69) is 17.4 Å². The first-order valence-electron chi connectivity index (χ1n) is 8.35.